The first-order valence-electron chi connectivity index (χ1n) is 10.1. The van der Waals surface area contributed by atoms with Crippen molar-refractivity contribution in [2.24, 2.45) is 4.99 Å². The largest absolute Gasteiger partial charge is 0.497 e. The van der Waals surface area contributed by atoms with Crippen LogP contribution in [0.4, 0.5) is 0 Å². The summed E-state index contributed by atoms with van der Waals surface area (Å²) in [5, 5.41) is 18.2. The lowest BCUT2D eigenvalue weighted by Gasteiger charge is -2.19. The van der Waals surface area contributed by atoms with E-state index < -0.39 is 5.60 Å². The summed E-state index contributed by atoms with van der Waals surface area (Å²) in [6.45, 7) is 4.08. The van der Waals surface area contributed by atoms with Crippen LogP contribution in [0.1, 0.15) is 25.5 Å². The molecule has 1 aliphatic heterocycles. The molecular formula is C21H32N4O3S. The number of thioether (sulfide) groups is 1. The molecule has 160 valence electrons. The van der Waals surface area contributed by atoms with E-state index >= 15 is 0 Å². The van der Waals surface area contributed by atoms with Gasteiger partial charge in [0.2, 0.25) is 0 Å². The second-order valence-corrected chi connectivity index (χ2v) is 8.44. The number of methoxy groups -OCH3 is 2. The number of aliphatic imine (C=N–C) groups is 1. The lowest BCUT2D eigenvalue weighted by molar-refractivity contribution is 0.0778. The van der Waals surface area contributed by atoms with Gasteiger partial charge in [-0.25, -0.2) is 0 Å². The van der Waals surface area contributed by atoms with Crippen molar-refractivity contribution < 1.29 is 14.6 Å². The van der Waals surface area contributed by atoms with Crippen LogP contribution in [0.2, 0.25) is 0 Å². The van der Waals surface area contributed by atoms with Crippen LogP contribution in [0.15, 0.2) is 23.2 Å². The fourth-order valence-electron chi connectivity index (χ4n) is 3.43. The Hall–Kier alpha value is -2.06. The summed E-state index contributed by atoms with van der Waals surface area (Å²) in [6.07, 6.45) is 2.68. The van der Waals surface area contributed by atoms with Crippen molar-refractivity contribution in [3.8, 4) is 11.5 Å². The molecule has 1 fully saturated rings. The molecule has 4 N–H and O–H groups in total. The zero-order valence-corrected chi connectivity index (χ0v) is 18.3. The Morgan fingerprint density at radius 1 is 1.28 bits per heavy atom. The van der Waals surface area contributed by atoms with E-state index in [2.05, 4.69) is 26.7 Å². The smallest absolute Gasteiger partial charge is 0.191 e. The Balaban J connectivity index is 1.54. The molecular weight excluding hydrogens is 388 g/mol. The fourth-order valence-corrected chi connectivity index (χ4v) is 4.72. The monoisotopic (exact) mass is 420 g/mol. The summed E-state index contributed by atoms with van der Waals surface area (Å²) in [5.74, 6) is 4.13. The third-order valence-corrected chi connectivity index (χ3v) is 6.29. The van der Waals surface area contributed by atoms with Crippen molar-refractivity contribution in [1.29, 1.82) is 0 Å². The lowest BCUT2D eigenvalue weighted by atomic mass is 10.1. The van der Waals surface area contributed by atoms with Gasteiger partial charge in [-0.2, -0.15) is 11.8 Å². The van der Waals surface area contributed by atoms with E-state index in [-0.39, 0.29) is 0 Å². The van der Waals surface area contributed by atoms with Crippen LogP contribution in [-0.2, 0) is 6.42 Å². The predicted octanol–water partition coefficient (Wildman–Crippen LogP) is 2.54. The third-order valence-electron chi connectivity index (χ3n) is 5.06. The highest BCUT2D eigenvalue weighted by Gasteiger charge is 2.31. The number of aliphatic hydroxyl groups is 1. The molecule has 29 heavy (non-hydrogen) atoms. The van der Waals surface area contributed by atoms with E-state index in [9.17, 15) is 5.11 Å². The van der Waals surface area contributed by atoms with Crippen molar-refractivity contribution in [2.45, 2.75) is 31.8 Å². The minimum atomic E-state index is -0.655. The topological polar surface area (TPSA) is 90.9 Å². The van der Waals surface area contributed by atoms with Gasteiger partial charge in [-0.3, -0.25) is 4.99 Å². The first-order valence-corrected chi connectivity index (χ1v) is 11.3. The van der Waals surface area contributed by atoms with Crippen LogP contribution in [-0.4, -0.2) is 67.0 Å². The highest BCUT2D eigenvalue weighted by Crippen LogP contribution is 2.31. The van der Waals surface area contributed by atoms with Crippen molar-refractivity contribution in [3.63, 3.8) is 0 Å². The number of rotatable bonds is 9. The van der Waals surface area contributed by atoms with Gasteiger partial charge < -0.3 is 30.2 Å². The number of H-pyrrole nitrogens is 1. The molecule has 1 saturated heterocycles. The minimum Gasteiger partial charge on any atom is -0.497 e. The molecule has 8 heteroatoms. The molecule has 2 heterocycles. The van der Waals surface area contributed by atoms with E-state index in [1.54, 1.807) is 26.0 Å². The molecule has 0 amide bonds. The summed E-state index contributed by atoms with van der Waals surface area (Å²) in [7, 11) is 3.33. The average molecular weight is 421 g/mol. The highest BCUT2D eigenvalue weighted by atomic mass is 32.2. The minimum absolute atomic E-state index is 0.443. The molecule has 0 aliphatic carbocycles. The Bertz CT molecular complexity index is 831. The zero-order chi connectivity index (χ0) is 20.7. The zero-order valence-electron chi connectivity index (χ0n) is 17.5. The first-order chi connectivity index (χ1) is 14.1. The molecule has 0 radical (unpaired) electrons. The Morgan fingerprint density at radius 2 is 2.14 bits per heavy atom. The molecule has 0 saturated carbocycles. The fraction of sp³-hybridized carbons (Fsp3) is 0.571. The first kappa shape index (κ1) is 21.6. The molecule has 0 bridgehead atoms. The summed E-state index contributed by atoms with van der Waals surface area (Å²) in [6, 6.07) is 6.03. The van der Waals surface area contributed by atoms with Gasteiger partial charge in [0.15, 0.2) is 5.96 Å². The van der Waals surface area contributed by atoms with Crippen LogP contribution in [0.5, 0.6) is 11.5 Å². The maximum atomic E-state index is 10.5. The molecule has 1 aliphatic rings. The van der Waals surface area contributed by atoms with E-state index in [1.807, 2.05) is 19.1 Å². The quantitative estimate of drug-likeness (QED) is 0.283. The normalized spacial score (nSPS) is 19.5. The SMILES string of the molecule is CCNC(=NCC1(O)CCSC1)NCCCc1cc2c(OC)cc(OC)cc2[nH]1. The number of guanidine groups is 1. The summed E-state index contributed by atoms with van der Waals surface area (Å²) >= 11 is 1.79. The van der Waals surface area contributed by atoms with Gasteiger partial charge in [-0.05, 0) is 38.0 Å². The number of nitrogens with zero attached hydrogens (tertiary/aromatic N) is 1. The van der Waals surface area contributed by atoms with E-state index in [0.717, 1.165) is 77.9 Å². The average Bonchev–Trinajstić information content (AvgIpc) is 3.34. The number of nitrogens with one attached hydrogen (secondary N) is 3. The summed E-state index contributed by atoms with van der Waals surface area (Å²) in [4.78, 5) is 8.04. The number of fused-ring (bicyclic) bond motifs is 1. The predicted molar refractivity (Wildman–Crippen MR) is 121 cm³/mol. The molecule has 1 aromatic carbocycles. The molecule has 3 rings (SSSR count). The number of ether oxygens (including phenoxy) is 2. The second-order valence-electron chi connectivity index (χ2n) is 7.34. The van der Waals surface area contributed by atoms with Crippen molar-refractivity contribution >= 4 is 28.6 Å². The van der Waals surface area contributed by atoms with Gasteiger partial charge in [-0.1, -0.05) is 0 Å². The van der Waals surface area contributed by atoms with Gasteiger partial charge in [0, 0.05) is 42.1 Å². The van der Waals surface area contributed by atoms with Gasteiger partial charge in [-0.15, -0.1) is 0 Å². The van der Waals surface area contributed by atoms with Gasteiger partial charge >= 0.3 is 0 Å². The van der Waals surface area contributed by atoms with Crippen molar-refractivity contribution in [1.82, 2.24) is 15.6 Å². The molecule has 7 nitrogen and oxygen atoms in total. The van der Waals surface area contributed by atoms with Crippen LogP contribution < -0.4 is 20.1 Å². The number of hydrogen-bond acceptors (Lipinski definition) is 5. The van der Waals surface area contributed by atoms with Gasteiger partial charge in [0.25, 0.3) is 0 Å². The molecule has 0 spiro atoms. The summed E-state index contributed by atoms with van der Waals surface area (Å²) in [5.41, 5.74) is 1.52. The third kappa shape index (κ3) is 5.73. The lowest BCUT2D eigenvalue weighted by Crippen LogP contribution is -2.40. The van der Waals surface area contributed by atoms with Crippen LogP contribution in [0.3, 0.4) is 0 Å². The standard InChI is InChI=1S/C21H32N4O3S/c1-4-22-20(24-13-21(26)7-9-29-14-21)23-8-5-6-15-10-17-18(25-15)11-16(27-2)12-19(17)28-3/h10-12,25-26H,4-9,13-14H2,1-3H3,(H2,22,23,24). The Labute approximate surface area is 176 Å². The van der Waals surface area contributed by atoms with E-state index in [1.165, 1.54) is 0 Å². The van der Waals surface area contributed by atoms with Crippen molar-refractivity contribution in [2.75, 3.05) is 45.4 Å². The number of hydrogen-bond donors (Lipinski definition) is 4. The van der Waals surface area contributed by atoms with Gasteiger partial charge in [0.05, 0.1) is 31.9 Å². The molecule has 1 atom stereocenters. The van der Waals surface area contributed by atoms with Gasteiger partial charge in [0.1, 0.15) is 11.5 Å². The summed E-state index contributed by atoms with van der Waals surface area (Å²) < 4.78 is 10.8. The number of benzene rings is 1. The van der Waals surface area contributed by atoms with E-state index in [0.29, 0.717) is 6.54 Å². The highest BCUT2D eigenvalue weighted by molar-refractivity contribution is 7.99. The molecule has 2 aromatic rings. The second kappa shape index (κ2) is 10.1. The molecule has 1 aromatic heterocycles. The molecule has 1 unspecified atom stereocenters. The number of aromatic nitrogens is 1. The maximum absolute atomic E-state index is 10.5. The van der Waals surface area contributed by atoms with Crippen LogP contribution in [0, 0.1) is 0 Å². The van der Waals surface area contributed by atoms with Crippen LogP contribution >= 0.6 is 11.8 Å². The van der Waals surface area contributed by atoms with E-state index in [4.69, 9.17) is 9.47 Å². The van der Waals surface area contributed by atoms with Crippen molar-refractivity contribution in [3.05, 3.63) is 23.9 Å². The number of aromatic amines is 1. The Kier molecular flexibility index (Phi) is 7.55. The Morgan fingerprint density at radius 3 is 2.83 bits per heavy atom. The number of aryl methyl sites for hydroxylation is 1. The van der Waals surface area contributed by atoms with Crippen LogP contribution in [0.25, 0.3) is 10.9 Å². The maximum Gasteiger partial charge on any atom is 0.191 e.